The summed E-state index contributed by atoms with van der Waals surface area (Å²) in [7, 11) is 0. The van der Waals surface area contributed by atoms with E-state index in [1.165, 1.54) is 0 Å². The van der Waals surface area contributed by atoms with Crippen molar-refractivity contribution < 1.29 is 4.79 Å². The molecule has 1 nitrogen and oxygen atoms in total. The van der Waals surface area contributed by atoms with Crippen molar-refractivity contribution in [1.82, 2.24) is 0 Å². The van der Waals surface area contributed by atoms with Crippen molar-refractivity contribution in [2.24, 2.45) is 0 Å². The lowest BCUT2D eigenvalue weighted by molar-refractivity contribution is 0.104. The average molecular weight is 271 g/mol. The van der Waals surface area contributed by atoms with Gasteiger partial charge in [0, 0.05) is 11.1 Å². The summed E-state index contributed by atoms with van der Waals surface area (Å²) in [5.41, 5.74) is 1.73. The highest BCUT2D eigenvalue weighted by molar-refractivity contribution is 9.11. The summed E-state index contributed by atoms with van der Waals surface area (Å²) < 4.78 is 1.03. The first-order valence-corrected chi connectivity index (χ1v) is 6.18. The van der Waals surface area contributed by atoms with Crippen molar-refractivity contribution in [1.29, 1.82) is 0 Å². The Morgan fingerprint density at radius 2 is 2.08 bits per heavy atom. The molecule has 0 spiro atoms. The third-order valence-electron chi connectivity index (χ3n) is 2.06. The Morgan fingerprint density at radius 3 is 2.92 bits per heavy atom. The lowest BCUT2D eigenvalue weighted by Crippen LogP contribution is -1.91. The van der Waals surface area contributed by atoms with Crippen molar-refractivity contribution >= 4 is 44.4 Å². The van der Waals surface area contributed by atoms with E-state index in [4.69, 9.17) is 0 Å². The van der Waals surface area contributed by atoms with E-state index in [-0.39, 0.29) is 5.78 Å². The fourth-order valence-corrected chi connectivity index (χ4v) is 4.17. The highest BCUT2D eigenvalue weighted by Gasteiger charge is 2.29. The molecule has 0 atom stereocenters. The van der Waals surface area contributed by atoms with Crippen molar-refractivity contribution in [3.05, 3.63) is 32.4 Å². The molecule has 0 aromatic carbocycles. The van der Waals surface area contributed by atoms with E-state index >= 15 is 0 Å². The van der Waals surface area contributed by atoms with Gasteiger partial charge in [0.2, 0.25) is 0 Å². The number of carbonyl (C=O) groups excluding carboxylic acids is 1. The van der Waals surface area contributed by atoms with Gasteiger partial charge in [0.05, 0.1) is 13.5 Å². The topological polar surface area (TPSA) is 17.1 Å². The first-order valence-electron chi connectivity index (χ1n) is 3.69. The lowest BCUT2D eigenvalue weighted by atomic mass is 10.2. The fraction of sp³-hybridized carbons (Fsp3) is 0. The molecule has 64 valence electrons. The normalized spacial score (nSPS) is 13.2. The summed E-state index contributed by atoms with van der Waals surface area (Å²) in [6, 6.07) is 3.82. The fourth-order valence-electron chi connectivity index (χ4n) is 1.51. The predicted molar refractivity (Wildman–Crippen MR) is 58.8 cm³/mol. The van der Waals surface area contributed by atoms with E-state index in [1.54, 1.807) is 22.7 Å². The molecule has 0 fully saturated rings. The highest BCUT2D eigenvalue weighted by atomic mass is 79.9. The van der Waals surface area contributed by atoms with Crippen LogP contribution in [0.1, 0.15) is 15.9 Å². The van der Waals surface area contributed by atoms with E-state index in [0.29, 0.717) is 0 Å². The van der Waals surface area contributed by atoms with Crippen LogP contribution in [0.25, 0.3) is 9.75 Å². The highest BCUT2D eigenvalue weighted by Crippen LogP contribution is 2.46. The van der Waals surface area contributed by atoms with Gasteiger partial charge in [-0.2, -0.15) is 0 Å². The molecule has 1 aliphatic rings. The summed E-state index contributed by atoms with van der Waals surface area (Å²) >= 11 is 6.67. The zero-order chi connectivity index (χ0) is 9.00. The molecule has 0 N–H and O–H groups in total. The SMILES string of the molecule is O=C1c2ccsc2-c2sc(Br)cc21. The van der Waals surface area contributed by atoms with E-state index < -0.39 is 0 Å². The molecule has 0 saturated carbocycles. The minimum atomic E-state index is 0.174. The van der Waals surface area contributed by atoms with Crippen molar-refractivity contribution in [2.75, 3.05) is 0 Å². The monoisotopic (exact) mass is 270 g/mol. The molecule has 2 heterocycles. The first-order chi connectivity index (χ1) is 6.27. The van der Waals surface area contributed by atoms with Gasteiger partial charge in [0.25, 0.3) is 0 Å². The molecule has 0 unspecified atom stereocenters. The van der Waals surface area contributed by atoms with Crippen LogP contribution in [0.4, 0.5) is 0 Å². The van der Waals surface area contributed by atoms with Gasteiger partial charge in [-0.1, -0.05) is 0 Å². The Morgan fingerprint density at radius 1 is 1.23 bits per heavy atom. The largest absolute Gasteiger partial charge is 0.288 e. The molecule has 0 bridgehead atoms. The standard InChI is InChI=1S/C9H3BrOS2/c10-6-3-5-7(11)4-1-2-12-8(4)9(5)13-6/h1-3H. The van der Waals surface area contributed by atoms with Crippen molar-refractivity contribution in [2.45, 2.75) is 0 Å². The number of ketones is 1. The quantitative estimate of drug-likeness (QED) is 0.608. The van der Waals surface area contributed by atoms with Crippen LogP contribution in [0.2, 0.25) is 0 Å². The Labute approximate surface area is 91.2 Å². The summed E-state index contributed by atoms with van der Waals surface area (Å²) in [5, 5.41) is 1.97. The van der Waals surface area contributed by atoms with E-state index in [2.05, 4.69) is 15.9 Å². The third-order valence-corrected chi connectivity index (χ3v) is 4.78. The molecule has 3 rings (SSSR count). The number of rotatable bonds is 0. The van der Waals surface area contributed by atoms with Gasteiger partial charge in [0.15, 0.2) is 5.78 Å². The summed E-state index contributed by atoms with van der Waals surface area (Å²) in [6.07, 6.45) is 0. The lowest BCUT2D eigenvalue weighted by Gasteiger charge is -1.85. The molecule has 0 saturated heterocycles. The smallest absolute Gasteiger partial charge is 0.196 e. The van der Waals surface area contributed by atoms with E-state index in [0.717, 1.165) is 24.7 Å². The van der Waals surface area contributed by atoms with Gasteiger partial charge in [-0.15, -0.1) is 22.7 Å². The summed E-state index contributed by atoms with van der Waals surface area (Å²) in [5.74, 6) is 0.174. The molecule has 4 heteroatoms. The zero-order valence-electron chi connectivity index (χ0n) is 6.33. The van der Waals surface area contributed by atoms with Gasteiger partial charge in [-0.05, 0) is 33.4 Å². The van der Waals surface area contributed by atoms with Crippen LogP contribution in [0, 0.1) is 0 Å². The van der Waals surface area contributed by atoms with Crippen LogP contribution in [0.5, 0.6) is 0 Å². The zero-order valence-corrected chi connectivity index (χ0v) is 9.55. The molecule has 13 heavy (non-hydrogen) atoms. The van der Waals surface area contributed by atoms with Crippen LogP contribution in [0.3, 0.4) is 0 Å². The van der Waals surface area contributed by atoms with Crippen molar-refractivity contribution in [3.63, 3.8) is 0 Å². The van der Waals surface area contributed by atoms with Crippen LogP contribution < -0.4 is 0 Å². The van der Waals surface area contributed by atoms with Gasteiger partial charge >= 0.3 is 0 Å². The minimum absolute atomic E-state index is 0.174. The molecule has 0 amide bonds. The summed E-state index contributed by atoms with van der Waals surface area (Å²) in [4.78, 5) is 14.0. The number of fused-ring (bicyclic) bond motifs is 3. The Bertz CT molecular complexity index is 509. The Kier molecular flexibility index (Phi) is 1.54. The molecule has 2 aromatic heterocycles. The molecular weight excluding hydrogens is 268 g/mol. The molecular formula is C9H3BrOS2. The number of hydrogen-bond donors (Lipinski definition) is 0. The van der Waals surface area contributed by atoms with Crippen molar-refractivity contribution in [3.8, 4) is 9.75 Å². The Hall–Kier alpha value is -0.450. The predicted octanol–water partition coefficient (Wildman–Crippen LogP) is 3.78. The van der Waals surface area contributed by atoms with Gasteiger partial charge < -0.3 is 0 Å². The molecule has 0 aliphatic heterocycles. The molecule has 2 aromatic rings. The molecule has 0 radical (unpaired) electrons. The second-order valence-electron chi connectivity index (χ2n) is 2.79. The minimum Gasteiger partial charge on any atom is -0.288 e. The number of halogens is 1. The van der Waals surface area contributed by atoms with Gasteiger partial charge in [-0.3, -0.25) is 4.79 Å². The maximum Gasteiger partial charge on any atom is 0.196 e. The number of carbonyl (C=O) groups is 1. The average Bonchev–Trinajstić information content (AvgIpc) is 2.70. The first kappa shape index (κ1) is 7.91. The van der Waals surface area contributed by atoms with Gasteiger partial charge in [-0.25, -0.2) is 0 Å². The second-order valence-corrected chi connectivity index (χ2v) is 6.13. The third kappa shape index (κ3) is 0.936. The van der Waals surface area contributed by atoms with Gasteiger partial charge in [0.1, 0.15) is 0 Å². The summed E-state index contributed by atoms with van der Waals surface area (Å²) in [6.45, 7) is 0. The number of hydrogen-bond acceptors (Lipinski definition) is 3. The second kappa shape index (κ2) is 2.53. The van der Waals surface area contributed by atoms with Crippen LogP contribution in [0.15, 0.2) is 21.3 Å². The van der Waals surface area contributed by atoms with E-state index in [1.807, 2.05) is 17.5 Å². The molecule has 1 aliphatic carbocycles. The van der Waals surface area contributed by atoms with Crippen LogP contribution in [-0.2, 0) is 0 Å². The van der Waals surface area contributed by atoms with Crippen LogP contribution >= 0.6 is 38.6 Å². The maximum atomic E-state index is 11.8. The Balaban J connectivity index is 2.41. The number of thiophene rings is 2. The van der Waals surface area contributed by atoms with E-state index in [9.17, 15) is 4.79 Å². The maximum absolute atomic E-state index is 11.8. The van der Waals surface area contributed by atoms with Crippen LogP contribution in [-0.4, -0.2) is 5.78 Å².